The zero-order chi connectivity index (χ0) is 18.6. The van der Waals surface area contributed by atoms with E-state index in [2.05, 4.69) is 15.6 Å². The van der Waals surface area contributed by atoms with Gasteiger partial charge in [0.25, 0.3) is 5.91 Å². The first-order chi connectivity index (χ1) is 11.8. The molecule has 2 atom stereocenters. The van der Waals surface area contributed by atoms with Crippen LogP contribution in [-0.4, -0.2) is 38.0 Å². The highest BCUT2D eigenvalue weighted by Gasteiger charge is 2.25. The minimum atomic E-state index is -0.968. The van der Waals surface area contributed by atoms with Gasteiger partial charge in [0, 0.05) is 11.1 Å². The summed E-state index contributed by atoms with van der Waals surface area (Å²) in [6, 6.07) is 6.59. The molecule has 134 valence electrons. The number of nitrogens with zero attached hydrogens (tertiary/aromatic N) is 3. The highest BCUT2D eigenvalue weighted by molar-refractivity contribution is 6.30. The van der Waals surface area contributed by atoms with Gasteiger partial charge in [-0.25, -0.2) is 4.68 Å². The summed E-state index contributed by atoms with van der Waals surface area (Å²) < 4.78 is 1.59. The number of nitrogens with one attached hydrogen (secondary N) is 1. The summed E-state index contributed by atoms with van der Waals surface area (Å²) in [6.07, 6.45) is 1.40. The number of benzene rings is 1. The van der Waals surface area contributed by atoms with Gasteiger partial charge in [-0.1, -0.05) is 36.2 Å². The number of rotatable bonds is 7. The van der Waals surface area contributed by atoms with Crippen LogP contribution >= 0.6 is 11.6 Å². The van der Waals surface area contributed by atoms with Crippen molar-refractivity contribution in [2.45, 2.75) is 39.7 Å². The van der Waals surface area contributed by atoms with Crippen molar-refractivity contribution in [3.8, 4) is 5.69 Å². The number of hydrogen-bond acceptors (Lipinski definition) is 4. The molecule has 7 nitrogen and oxygen atoms in total. The van der Waals surface area contributed by atoms with E-state index >= 15 is 0 Å². The summed E-state index contributed by atoms with van der Waals surface area (Å²) in [5.74, 6) is -2.11. The van der Waals surface area contributed by atoms with E-state index in [4.69, 9.17) is 16.7 Å². The lowest BCUT2D eigenvalue weighted by Gasteiger charge is -2.17. The summed E-state index contributed by atoms with van der Waals surface area (Å²) in [7, 11) is 0. The normalized spacial score (nSPS) is 13.3. The Kier molecular flexibility index (Phi) is 6.14. The molecule has 1 aromatic carbocycles. The van der Waals surface area contributed by atoms with Gasteiger partial charge in [-0.2, -0.15) is 0 Å². The van der Waals surface area contributed by atoms with Crippen molar-refractivity contribution in [2.24, 2.45) is 5.92 Å². The number of aliphatic carboxylic acids is 1. The molecule has 1 amide bonds. The molecule has 8 heteroatoms. The molecule has 25 heavy (non-hydrogen) atoms. The van der Waals surface area contributed by atoms with Crippen LogP contribution in [0, 0.1) is 5.92 Å². The maximum absolute atomic E-state index is 12.5. The van der Waals surface area contributed by atoms with Crippen LogP contribution in [-0.2, 0) is 11.2 Å². The van der Waals surface area contributed by atoms with Crippen LogP contribution in [0.1, 0.15) is 43.4 Å². The van der Waals surface area contributed by atoms with Crippen molar-refractivity contribution in [3.05, 3.63) is 40.7 Å². The molecule has 0 aliphatic rings. The number of carbonyl (C=O) groups excluding carboxylic acids is 1. The largest absolute Gasteiger partial charge is 0.481 e. The monoisotopic (exact) mass is 364 g/mol. The van der Waals surface area contributed by atoms with E-state index in [0.29, 0.717) is 17.1 Å². The first-order valence-corrected chi connectivity index (χ1v) is 8.47. The van der Waals surface area contributed by atoms with Crippen molar-refractivity contribution >= 4 is 23.5 Å². The van der Waals surface area contributed by atoms with Crippen LogP contribution in [0.25, 0.3) is 5.69 Å². The molecule has 0 spiro atoms. The van der Waals surface area contributed by atoms with Gasteiger partial charge in [0.15, 0.2) is 5.69 Å². The molecular weight excluding hydrogens is 344 g/mol. The Labute approximate surface area is 151 Å². The lowest BCUT2D eigenvalue weighted by Crippen LogP contribution is -2.40. The molecule has 2 rings (SSSR count). The summed E-state index contributed by atoms with van der Waals surface area (Å²) in [4.78, 5) is 23.6. The molecule has 0 bridgehead atoms. The molecule has 2 unspecified atom stereocenters. The average Bonchev–Trinajstić information content (AvgIpc) is 2.98. The molecule has 2 N–H and O–H groups in total. The molecule has 0 saturated heterocycles. The van der Waals surface area contributed by atoms with Gasteiger partial charge in [0.2, 0.25) is 0 Å². The Balaban J connectivity index is 2.32. The molecule has 2 aromatic rings. The van der Waals surface area contributed by atoms with Gasteiger partial charge in [0.1, 0.15) is 0 Å². The second-order valence-electron chi connectivity index (χ2n) is 5.92. The van der Waals surface area contributed by atoms with E-state index < -0.39 is 23.8 Å². The summed E-state index contributed by atoms with van der Waals surface area (Å²) in [5.41, 5.74) is 1.58. The van der Waals surface area contributed by atoms with Crippen molar-refractivity contribution < 1.29 is 14.7 Å². The van der Waals surface area contributed by atoms with Gasteiger partial charge in [-0.3, -0.25) is 9.59 Å². The highest BCUT2D eigenvalue weighted by atomic mass is 35.5. The average molecular weight is 365 g/mol. The zero-order valence-electron chi connectivity index (χ0n) is 14.4. The van der Waals surface area contributed by atoms with Crippen LogP contribution in [0.15, 0.2) is 24.3 Å². The van der Waals surface area contributed by atoms with Gasteiger partial charge < -0.3 is 10.4 Å². The third kappa shape index (κ3) is 4.36. The van der Waals surface area contributed by atoms with Crippen LogP contribution in [0.5, 0.6) is 0 Å². The second-order valence-corrected chi connectivity index (χ2v) is 6.35. The number of aromatic nitrogens is 3. The fraction of sp³-hybridized carbons (Fsp3) is 0.412. The summed E-state index contributed by atoms with van der Waals surface area (Å²) >= 11 is 6.03. The Morgan fingerprint density at radius 2 is 2.08 bits per heavy atom. The summed E-state index contributed by atoms with van der Waals surface area (Å²) in [6.45, 7) is 5.19. The number of carbonyl (C=O) groups is 2. The third-order valence-corrected chi connectivity index (χ3v) is 4.25. The lowest BCUT2D eigenvalue weighted by molar-refractivity contribution is -0.141. The Morgan fingerprint density at radius 1 is 1.36 bits per heavy atom. The molecular formula is C17H21ClN4O3. The van der Waals surface area contributed by atoms with E-state index in [-0.39, 0.29) is 5.69 Å². The molecule has 0 aliphatic carbocycles. The number of hydrogen-bond donors (Lipinski definition) is 2. The van der Waals surface area contributed by atoms with E-state index in [1.54, 1.807) is 36.7 Å². The highest BCUT2D eigenvalue weighted by Crippen LogP contribution is 2.19. The van der Waals surface area contributed by atoms with Crippen LogP contribution in [0.2, 0.25) is 5.02 Å². The number of halogens is 1. The SMILES string of the molecule is CCCc1c(C(=O)NC(C)C(C)C(=O)O)nnn1-c1cccc(Cl)c1. The molecule has 0 saturated carbocycles. The van der Waals surface area contributed by atoms with Crippen molar-refractivity contribution in [2.75, 3.05) is 0 Å². The summed E-state index contributed by atoms with van der Waals surface area (Å²) in [5, 5.41) is 20.4. The number of carboxylic acid groups (broad SMARTS) is 1. The van der Waals surface area contributed by atoms with Crippen molar-refractivity contribution in [1.82, 2.24) is 20.3 Å². The molecule has 0 aliphatic heterocycles. The smallest absolute Gasteiger partial charge is 0.308 e. The molecule has 1 aromatic heterocycles. The van der Waals surface area contributed by atoms with E-state index in [9.17, 15) is 9.59 Å². The molecule has 0 fully saturated rings. The number of amides is 1. The maximum Gasteiger partial charge on any atom is 0.308 e. The second kappa shape index (κ2) is 8.11. The van der Waals surface area contributed by atoms with Crippen LogP contribution in [0.4, 0.5) is 0 Å². The van der Waals surface area contributed by atoms with E-state index in [1.165, 1.54) is 0 Å². The lowest BCUT2D eigenvalue weighted by atomic mass is 10.0. The Hall–Kier alpha value is -2.41. The Bertz CT molecular complexity index is 775. The van der Waals surface area contributed by atoms with E-state index in [1.807, 2.05) is 13.0 Å². The Morgan fingerprint density at radius 3 is 2.68 bits per heavy atom. The number of carboxylic acids is 1. The molecule has 0 radical (unpaired) electrons. The molecule has 1 heterocycles. The van der Waals surface area contributed by atoms with Crippen molar-refractivity contribution in [1.29, 1.82) is 0 Å². The van der Waals surface area contributed by atoms with Crippen LogP contribution in [0.3, 0.4) is 0 Å². The topological polar surface area (TPSA) is 97.1 Å². The van der Waals surface area contributed by atoms with Gasteiger partial charge >= 0.3 is 5.97 Å². The third-order valence-electron chi connectivity index (χ3n) is 4.02. The minimum absolute atomic E-state index is 0.200. The van der Waals surface area contributed by atoms with Crippen LogP contribution < -0.4 is 5.32 Å². The maximum atomic E-state index is 12.5. The first-order valence-electron chi connectivity index (χ1n) is 8.09. The first kappa shape index (κ1) is 18.9. The predicted molar refractivity (Wildman–Crippen MR) is 94.1 cm³/mol. The minimum Gasteiger partial charge on any atom is -0.481 e. The van der Waals surface area contributed by atoms with Gasteiger partial charge in [-0.15, -0.1) is 5.10 Å². The quantitative estimate of drug-likeness (QED) is 0.787. The zero-order valence-corrected chi connectivity index (χ0v) is 15.1. The standard InChI is InChI=1S/C17H21ClN4O3/c1-4-6-14-15(16(23)19-11(3)10(2)17(24)25)20-21-22(14)13-8-5-7-12(18)9-13/h5,7-11H,4,6H2,1-3H3,(H,19,23)(H,24,25). The van der Waals surface area contributed by atoms with Gasteiger partial charge in [-0.05, 0) is 38.5 Å². The fourth-order valence-electron chi connectivity index (χ4n) is 2.37. The predicted octanol–water partition coefficient (Wildman–Crippen LogP) is 2.71. The van der Waals surface area contributed by atoms with Gasteiger partial charge in [0.05, 0.1) is 17.3 Å². The van der Waals surface area contributed by atoms with E-state index in [0.717, 1.165) is 12.1 Å². The fourth-order valence-corrected chi connectivity index (χ4v) is 2.55. The van der Waals surface area contributed by atoms with Crippen molar-refractivity contribution in [3.63, 3.8) is 0 Å².